The molecule has 3 heterocycles. The van der Waals surface area contributed by atoms with Crippen LogP contribution < -0.4 is 5.73 Å². The van der Waals surface area contributed by atoms with Crippen molar-refractivity contribution in [3.8, 4) is 0 Å². The summed E-state index contributed by atoms with van der Waals surface area (Å²) >= 11 is 0. The van der Waals surface area contributed by atoms with E-state index in [0.717, 1.165) is 0 Å². The third kappa shape index (κ3) is 3.40. The zero-order chi connectivity index (χ0) is 20.5. The van der Waals surface area contributed by atoms with Crippen molar-refractivity contribution < 1.29 is 28.6 Å². The number of imidazole rings is 1. The minimum Gasteiger partial charge on any atom is -0.463 e. The van der Waals surface area contributed by atoms with E-state index in [1.807, 2.05) is 0 Å². The molecule has 28 heavy (non-hydrogen) atoms. The van der Waals surface area contributed by atoms with Crippen molar-refractivity contribution in [3.63, 3.8) is 0 Å². The molecule has 2 N–H and O–H groups in total. The van der Waals surface area contributed by atoms with Crippen LogP contribution in [0, 0.1) is 0 Å². The molecule has 0 unspecified atom stereocenters. The zero-order valence-electron chi connectivity index (χ0n) is 15.7. The number of nitrogen functional groups attached to an aromatic ring is 1. The van der Waals surface area contributed by atoms with Crippen molar-refractivity contribution in [2.24, 2.45) is 0 Å². The van der Waals surface area contributed by atoms with Crippen LogP contribution in [0.4, 0.5) is 5.82 Å². The summed E-state index contributed by atoms with van der Waals surface area (Å²) in [7, 11) is 0. The first-order chi connectivity index (χ1) is 13.3. The van der Waals surface area contributed by atoms with Crippen molar-refractivity contribution in [3.05, 3.63) is 12.7 Å². The lowest BCUT2D eigenvalue weighted by molar-refractivity contribution is -0.168. The van der Waals surface area contributed by atoms with E-state index in [2.05, 4.69) is 15.0 Å². The van der Waals surface area contributed by atoms with Gasteiger partial charge < -0.3 is 19.9 Å². The smallest absolute Gasteiger partial charge is 0.303 e. The number of nitrogens with zero attached hydrogens (tertiary/aromatic N) is 4. The number of hydrogen-bond donors (Lipinski definition) is 1. The second-order valence-corrected chi connectivity index (χ2v) is 6.42. The Labute approximate surface area is 160 Å². The molecule has 11 nitrogen and oxygen atoms in total. The third-order valence-corrected chi connectivity index (χ3v) is 4.51. The third-order valence-electron chi connectivity index (χ3n) is 4.51. The molecule has 0 spiro atoms. The Bertz CT molecular complexity index is 928. The summed E-state index contributed by atoms with van der Waals surface area (Å²) in [5.41, 5.74) is 4.94. The highest BCUT2D eigenvalue weighted by Crippen LogP contribution is 2.40. The molecule has 0 amide bonds. The highest BCUT2D eigenvalue weighted by Gasteiger charge is 2.54. The quantitative estimate of drug-likeness (QED) is 0.682. The molecule has 11 heteroatoms. The maximum absolute atomic E-state index is 13.0. The van der Waals surface area contributed by atoms with E-state index in [4.69, 9.17) is 19.9 Å². The van der Waals surface area contributed by atoms with Gasteiger partial charge in [-0.05, 0) is 0 Å². The number of nitrogens with two attached hydrogens (primary N) is 1. The Balaban J connectivity index is 2.08. The Morgan fingerprint density at radius 3 is 2.68 bits per heavy atom. The Morgan fingerprint density at radius 1 is 1.29 bits per heavy atom. The average molecular weight is 391 g/mol. The van der Waals surface area contributed by atoms with Crippen LogP contribution >= 0.6 is 0 Å². The van der Waals surface area contributed by atoms with Gasteiger partial charge in [0, 0.05) is 26.7 Å². The van der Waals surface area contributed by atoms with Crippen LogP contribution in [0.5, 0.6) is 0 Å². The second-order valence-electron chi connectivity index (χ2n) is 6.42. The fraction of sp³-hybridized carbons (Fsp3) is 0.529. The van der Waals surface area contributed by atoms with E-state index in [1.165, 1.54) is 31.1 Å². The summed E-state index contributed by atoms with van der Waals surface area (Å²) < 4.78 is 17.9. The van der Waals surface area contributed by atoms with Gasteiger partial charge in [-0.15, -0.1) is 0 Å². The first kappa shape index (κ1) is 19.7. The van der Waals surface area contributed by atoms with Gasteiger partial charge in [-0.25, -0.2) is 15.0 Å². The van der Waals surface area contributed by atoms with Gasteiger partial charge in [0.25, 0.3) is 0 Å². The molecule has 0 radical (unpaired) electrons. The van der Waals surface area contributed by atoms with Crippen LogP contribution in [0.1, 0.15) is 33.6 Å². The summed E-state index contributed by atoms with van der Waals surface area (Å²) in [6, 6.07) is 0. The van der Waals surface area contributed by atoms with Crippen molar-refractivity contribution in [2.75, 3.05) is 12.3 Å². The summed E-state index contributed by atoms with van der Waals surface area (Å²) in [5, 5.41) is 0. The Kier molecular flexibility index (Phi) is 5.27. The highest BCUT2D eigenvalue weighted by atomic mass is 16.6. The van der Waals surface area contributed by atoms with E-state index < -0.39 is 29.9 Å². The van der Waals surface area contributed by atoms with Crippen molar-refractivity contribution in [1.82, 2.24) is 19.5 Å². The standard InChI is InChI=1S/C17H21N5O6/c1-4-13(25)17(22-8-21-14-15(18)19-7-20-16(14)22)5-11(27-10(3)24)12(28-17)6-26-9(2)23/h7-8,11-12H,4-6H2,1-3H3,(H2,18,19,20)/t11-,12+,17-/m0/s1. The number of carbonyl (C=O) groups excluding carboxylic acids is 3. The lowest BCUT2D eigenvalue weighted by Gasteiger charge is -2.28. The molecule has 150 valence electrons. The summed E-state index contributed by atoms with van der Waals surface area (Å²) in [5.74, 6) is -1.17. The molecule has 1 aliphatic heterocycles. The summed E-state index contributed by atoms with van der Waals surface area (Å²) in [6.07, 6.45) is 1.18. The SMILES string of the molecule is CCC(=O)[C@]1(n2cnc3c(N)ncnc32)C[C@H](OC(C)=O)[C@@H](COC(C)=O)O1. The average Bonchev–Trinajstić information content (AvgIpc) is 3.22. The van der Waals surface area contributed by atoms with Gasteiger partial charge in [0.15, 0.2) is 17.2 Å². The molecule has 1 aliphatic rings. The molecule has 0 aliphatic carbocycles. The number of fused-ring (bicyclic) bond motifs is 1. The number of ketones is 1. The maximum Gasteiger partial charge on any atom is 0.303 e. The Hall–Kier alpha value is -3.08. The van der Waals surface area contributed by atoms with Crippen LogP contribution in [0.25, 0.3) is 11.2 Å². The van der Waals surface area contributed by atoms with E-state index in [0.29, 0.717) is 11.2 Å². The van der Waals surface area contributed by atoms with E-state index >= 15 is 0 Å². The zero-order valence-corrected chi connectivity index (χ0v) is 15.7. The highest BCUT2D eigenvalue weighted by molar-refractivity contribution is 5.89. The number of rotatable bonds is 6. The van der Waals surface area contributed by atoms with Gasteiger partial charge in [-0.3, -0.25) is 19.0 Å². The number of anilines is 1. The van der Waals surface area contributed by atoms with Gasteiger partial charge in [0.1, 0.15) is 30.7 Å². The second kappa shape index (κ2) is 7.50. The van der Waals surface area contributed by atoms with Gasteiger partial charge in [-0.2, -0.15) is 0 Å². The van der Waals surface area contributed by atoms with Gasteiger partial charge >= 0.3 is 11.9 Å². The van der Waals surface area contributed by atoms with E-state index in [-0.39, 0.29) is 31.0 Å². The maximum atomic E-state index is 13.0. The van der Waals surface area contributed by atoms with Crippen LogP contribution in [-0.2, 0) is 34.3 Å². The number of aromatic nitrogens is 4. The van der Waals surface area contributed by atoms with E-state index in [9.17, 15) is 14.4 Å². The molecular weight excluding hydrogens is 370 g/mol. The van der Waals surface area contributed by atoms with Crippen molar-refractivity contribution in [2.45, 2.75) is 51.5 Å². The summed E-state index contributed by atoms with van der Waals surface area (Å²) in [6.45, 7) is 4.03. The lowest BCUT2D eigenvalue weighted by Crippen LogP contribution is -2.42. The van der Waals surface area contributed by atoms with Gasteiger partial charge in [0.05, 0.1) is 6.33 Å². The monoisotopic (exact) mass is 391 g/mol. The molecule has 1 saturated heterocycles. The first-order valence-electron chi connectivity index (χ1n) is 8.74. The molecular formula is C17H21N5O6. The van der Waals surface area contributed by atoms with Crippen LogP contribution in [0.15, 0.2) is 12.7 Å². The van der Waals surface area contributed by atoms with Crippen LogP contribution in [0.2, 0.25) is 0 Å². The number of Topliss-reactive ketones (excluding diaryl/α,β-unsaturated/α-hetero) is 1. The van der Waals surface area contributed by atoms with Crippen molar-refractivity contribution >= 4 is 34.7 Å². The van der Waals surface area contributed by atoms with E-state index in [1.54, 1.807) is 6.92 Å². The molecule has 2 aromatic heterocycles. The number of carbonyl (C=O) groups is 3. The molecule has 0 aromatic carbocycles. The molecule has 0 bridgehead atoms. The molecule has 2 aromatic rings. The normalized spacial score (nSPS) is 24.2. The molecule has 3 rings (SSSR count). The minimum atomic E-state index is -1.53. The molecule has 1 fully saturated rings. The first-order valence-corrected chi connectivity index (χ1v) is 8.74. The predicted molar refractivity (Wildman–Crippen MR) is 94.7 cm³/mol. The fourth-order valence-electron chi connectivity index (χ4n) is 3.31. The largest absolute Gasteiger partial charge is 0.463 e. The minimum absolute atomic E-state index is 0.0144. The predicted octanol–water partition coefficient (Wildman–Crippen LogP) is 0.324. The van der Waals surface area contributed by atoms with Gasteiger partial charge in [0.2, 0.25) is 5.72 Å². The molecule has 0 saturated carbocycles. The molecule has 3 atom stereocenters. The van der Waals surface area contributed by atoms with Crippen LogP contribution in [-0.4, -0.2) is 56.1 Å². The summed E-state index contributed by atoms with van der Waals surface area (Å²) in [4.78, 5) is 48.0. The van der Waals surface area contributed by atoms with Gasteiger partial charge in [-0.1, -0.05) is 6.92 Å². The number of ether oxygens (including phenoxy) is 3. The Morgan fingerprint density at radius 2 is 2.04 bits per heavy atom. The topological polar surface area (TPSA) is 149 Å². The number of esters is 2. The van der Waals surface area contributed by atoms with Crippen molar-refractivity contribution in [1.29, 1.82) is 0 Å². The van der Waals surface area contributed by atoms with Crippen LogP contribution in [0.3, 0.4) is 0 Å². The fourth-order valence-corrected chi connectivity index (χ4v) is 3.31. The lowest BCUT2D eigenvalue weighted by atomic mass is 9.99. The number of hydrogen-bond acceptors (Lipinski definition) is 10.